The van der Waals surface area contributed by atoms with Gasteiger partial charge in [-0.15, -0.1) is 0 Å². The third kappa shape index (κ3) is 3.30. The maximum absolute atomic E-state index is 13.1. The van der Waals surface area contributed by atoms with Gasteiger partial charge >= 0.3 is 22.1 Å². The summed E-state index contributed by atoms with van der Waals surface area (Å²) in [6.45, 7) is 4.86. The van der Waals surface area contributed by atoms with E-state index in [9.17, 15) is 23.1 Å². The van der Waals surface area contributed by atoms with Gasteiger partial charge in [0, 0.05) is 19.9 Å². The molecule has 0 aliphatic heterocycles. The molecule has 1 aromatic rings. The first-order chi connectivity index (χ1) is 10.3. The summed E-state index contributed by atoms with van der Waals surface area (Å²) < 4.78 is 24.5. The van der Waals surface area contributed by atoms with Gasteiger partial charge in [0.1, 0.15) is 0 Å². The number of nitrogens with zero attached hydrogens (tertiary/aromatic N) is 1. The van der Waals surface area contributed by atoms with Crippen LogP contribution in [0.1, 0.15) is 27.7 Å². The van der Waals surface area contributed by atoms with Crippen LogP contribution in [0.3, 0.4) is 0 Å². The van der Waals surface area contributed by atoms with Crippen molar-refractivity contribution < 1.29 is 32.0 Å². The summed E-state index contributed by atoms with van der Waals surface area (Å²) in [6, 6.07) is 4.42. The molecular formula is C13H15Br2NO6S. The number of halogens is 2. The lowest BCUT2D eigenvalue weighted by Gasteiger charge is -2.41. The number of hydrogen-bond donors (Lipinski definition) is 0. The second-order valence-corrected chi connectivity index (χ2v) is 9.18. The number of carbonyl (C=O) groups is 2. The van der Waals surface area contributed by atoms with Crippen molar-refractivity contribution in [2.75, 3.05) is 0 Å². The molecule has 0 aromatic heterocycles. The molecule has 0 saturated heterocycles. The first-order valence-corrected chi connectivity index (χ1v) is 9.31. The van der Waals surface area contributed by atoms with Crippen LogP contribution < -0.4 is 5.11 Å². The van der Waals surface area contributed by atoms with E-state index in [1.807, 2.05) is 0 Å². The minimum atomic E-state index is -4.74. The van der Waals surface area contributed by atoms with E-state index in [1.54, 1.807) is 6.07 Å². The number of hydroxylamine groups is 2. The van der Waals surface area contributed by atoms with Crippen LogP contribution in [0.25, 0.3) is 0 Å². The quantitative estimate of drug-likeness (QED) is 0.483. The molecule has 1 amide bonds. The second-order valence-electron chi connectivity index (χ2n) is 5.60. The zero-order valence-corrected chi connectivity index (χ0v) is 16.8. The van der Waals surface area contributed by atoms with Crippen molar-refractivity contribution in [3.8, 4) is 0 Å². The van der Waals surface area contributed by atoms with Crippen LogP contribution in [0.4, 0.5) is 4.79 Å². The molecule has 0 radical (unpaired) electrons. The fourth-order valence-corrected chi connectivity index (χ4v) is 6.23. The Morgan fingerprint density at radius 1 is 1.17 bits per heavy atom. The number of hydrogen-bond acceptors (Lipinski definition) is 6. The molecule has 0 bridgehead atoms. The average molecular weight is 473 g/mol. The monoisotopic (exact) mass is 471 g/mol. The molecule has 0 N–H and O–H groups in total. The summed E-state index contributed by atoms with van der Waals surface area (Å²) in [6.07, 6.45) is -2.07. The molecule has 7 nitrogen and oxygen atoms in total. The first kappa shape index (κ1) is 20.1. The minimum Gasteiger partial charge on any atom is -0.494 e. The topological polar surface area (TPSA) is 101 Å². The van der Waals surface area contributed by atoms with E-state index in [0.717, 1.165) is 6.92 Å². The zero-order chi connectivity index (χ0) is 18.2. The van der Waals surface area contributed by atoms with Gasteiger partial charge in [-0.3, -0.25) is 4.84 Å². The summed E-state index contributed by atoms with van der Waals surface area (Å²) in [5.41, 5.74) is -1.56. The van der Waals surface area contributed by atoms with Gasteiger partial charge in [-0.1, -0.05) is 6.07 Å². The molecule has 128 valence electrons. The highest BCUT2D eigenvalue weighted by Crippen LogP contribution is 2.40. The number of amides is 1. The van der Waals surface area contributed by atoms with E-state index in [-0.39, 0.29) is 13.8 Å². The number of benzene rings is 1. The van der Waals surface area contributed by atoms with Gasteiger partial charge in [-0.2, -0.15) is 8.42 Å². The molecule has 0 spiro atoms. The summed E-state index contributed by atoms with van der Waals surface area (Å²) in [5, 5.41) is 11.8. The van der Waals surface area contributed by atoms with Gasteiger partial charge in [0.25, 0.3) is 0 Å². The standard InChI is InChI=1S/C13H15Br2NO6S/c1-8(17)22-16(12(18)19,13(2,3)4)23(20,21)11-9(14)6-5-7-10(11)15/h5-7H,1-4H3. The van der Waals surface area contributed by atoms with Gasteiger partial charge in [-0.25, -0.2) is 4.79 Å². The van der Waals surface area contributed by atoms with Crippen LogP contribution in [0.15, 0.2) is 32.0 Å². The molecule has 1 rings (SSSR count). The van der Waals surface area contributed by atoms with Crippen molar-refractivity contribution in [1.82, 2.24) is 0 Å². The highest BCUT2D eigenvalue weighted by Gasteiger charge is 2.60. The number of quaternary nitrogens is 1. The fourth-order valence-electron chi connectivity index (χ4n) is 1.99. The number of rotatable bonds is 2. The van der Waals surface area contributed by atoms with Crippen molar-refractivity contribution in [2.45, 2.75) is 38.1 Å². The van der Waals surface area contributed by atoms with Crippen molar-refractivity contribution in [1.29, 1.82) is 0 Å². The Kier molecular flexibility index (Phi) is 5.67. The molecule has 10 heteroatoms. The van der Waals surface area contributed by atoms with E-state index >= 15 is 0 Å². The van der Waals surface area contributed by atoms with Gasteiger partial charge < -0.3 is 9.90 Å². The normalized spacial score (nSPS) is 14.9. The molecule has 0 heterocycles. The lowest BCUT2D eigenvalue weighted by molar-refractivity contribution is -0.976. The smallest absolute Gasteiger partial charge is 0.374 e. The molecule has 0 saturated carbocycles. The van der Waals surface area contributed by atoms with Crippen LogP contribution in [0.5, 0.6) is 0 Å². The van der Waals surface area contributed by atoms with Crippen molar-refractivity contribution in [3.63, 3.8) is 0 Å². The third-order valence-electron chi connectivity index (χ3n) is 2.90. The Bertz CT molecular complexity index is 736. The van der Waals surface area contributed by atoms with Crippen LogP contribution in [-0.2, 0) is 19.7 Å². The molecule has 1 aromatic carbocycles. The molecule has 0 fully saturated rings. The van der Waals surface area contributed by atoms with Gasteiger partial charge in [-0.05, 0) is 64.8 Å². The van der Waals surface area contributed by atoms with E-state index < -0.39 is 31.7 Å². The average Bonchev–Trinajstić information content (AvgIpc) is 2.32. The Labute approximate surface area is 151 Å². The van der Waals surface area contributed by atoms with Crippen molar-refractivity contribution in [2.24, 2.45) is 0 Å². The van der Waals surface area contributed by atoms with E-state index in [2.05, 4.69) is 31.9 Å². The minimum absolute atomic E-state index is 0.118. The van der Waals surface area contributed by atoms with Crippen LogP contribution >= 0.6 is 31.9 Å². The summed E-state index contributed by atoms with van der Waals surface area (Å²) in [7, 11) is -4.74. The van der Waals surface area contributed by atoms with E-state index in [4.69, 9.17) is 4.84 Å². The van der Waals surface area contributed by atoms with Gasteiger partial charge in [0.15, 0.2) is 10.4 Å². The lowest BCUT2D eigenvalue weighted by Crippen LogP contribution is -2.70. The second kappa shape index (κ2) is 6.50. The highest BCUT2D eigenvalue weighted by molar-refractivity contribution is 9.11. The Morgan fingerprint density at radius 3 is 1.91 bits per heavy atom. The summed E-state index contributed by atoms with van der Waals surface area (Å²) in [5.74, 6) is -1.07. The molecule has 1 unspecified atom stereocenters. The molecule has 23 heavy (non-hydrogen) atoms. The van der Waals surface area contributed by atoms with Crippen LogP contribution in [0.2, 0.25) is 0 Å². The number of carboxylic acid groups (broad SMARTS) is 1. The Morgan fingerprint density at radius 2 is 1.61 bits per heavy atom. The maximum Gasteiger partial charge on any atom is 0.374 e. The number of carbonyl (C=O) groups excluding carboxylic acids is 2. The zero-order valence-electron chi connectivity index (χ0n) is 12.8. The largest absolute Gasteiger partial charge is 0.494 e. The number of sulfonamides is 1. The van der Waals surface area contributed by atoms with Gasteiger partial charge in [0.2, 0.25) is 0 Å². The van der Waals surface area contributed by atoms with Crippen molar-refractivity contribution in [3.05, 3.63) is 27.1 Å². The molecule has 1 atom stereocenters. The fraction of sp³-hybridized carbons (Fsp3) is 0.385. The summed E-state index contributed by atoms with van der Waals surface area (Å²) >= 11 is 6.17. The first-order valence-electron chi connectivity index (χ1n) is 6.29. The lowest BCUT2D eigenvalue weighted by atomic mass is 10.1. The molecule has 0 aliphatic carbocycles. The Hall–Kier alpha value is -0.970. The van der Waals surface area contributed by atoms with Crippen LogP contribution in [0, 0.1) is 0 Å². The van der Waals surface area contributed by atoms with E-state index in [0.29, 0.717) is 0 Å². The molecule has 0 aliphatic rings. The van der Waals surface area contributed by atoms with Crippen LogP contribution in [-0.4, -0.2) is 30.1 Å². The molecular weight excluding hydrogens is 458 g/mol. The van der Waals surface area contributed by atoms with E-state index in [1.165, 1.54) is 32.9 Å². The SMILES string of the molecule is CC(=O)O[N+](C(=O)[O-])(C(C)(C)C)S(=O)(=O)c1c(Br)cccc1Br. The summed E-state index contributed by atoms with van der Waals surface area (Å²) in [4.78, 5) is 27.7. The van der Waals surface area contributed by atoms with Crippen molar-refractivity contribution >= 4 is 53.9 Å². The maximum atomic E-state index is 13.1. The predicted molar refractivity (Wildman–Crippen MR) is 86.2 cm³/mol. The Balaban J connectivity index is 3.93. The highest BCUT2D eigenvalue weighted by atomic mass is 79.9. The van der Waals surface area contributed by atoms with Gasteiger partial charge in [0.05, 0.1) is 0 Å². The predicted octanol–water partition coefficient (Wildman–Crippen LogP) is 2.34. The third-order valence-corrected chi connectivity index (χ3v) is 7.15.